The van der Waals surface area contributed by atoms with Crippen molar-refractivity contribution in [2.24, 2.45) is 0 Å². The first-order chi connectivity index (χ1) is 9.29. The lowest BCUT2D eigenvalue weighted by atomic mass is 9.96. The summed E-state index contributed by atoms with van der Waals surface area (Å²) in [7, 11) is 0. The van der Waals surface area contributed by atoms with Crippen molar-refractivity contribution >= 4 is 11.3 Å². The molecule has 2 heterocycles. The van der Waals surface area contributed by atoms with Crippen molar-refractivity contribution < 1.29 is 9.52 Å². The molecule has 0 saturated heterocycles. The van der Waals surface area contributed by atoms with Gasteiger partial charge in [0.15, 0.2) is 0 Å². The standard InChI is InChI=1S/C15H22N2O2S/c1-9-6-13(11(3)19-9)15(5,18)8-16-7-14-10(2)17-12(4)20-14/h6,16,18H,7-8H2,1-5H3. The summed E-state index contributed by atoms with van der Waals surface area (Å²) in [5.41, 5.74) is 0.977. The van der Waals surface area contributed by atoms with E-state index in [1.165, 1.54) is 4.88 Å². The predicted octanol–water partition coefficient (Wildman–Crippen LogP) is 2.97. The van der Waals surface area contributed by atoms with Crippen molar-refractivity contribution in [3.05, 3.63) is 38.7 Å². The monoisotopic (exact) mass is 294 g/mol. The first-order valence-electron chi connectivity index (χ1n) is 6.73. The molecule has 110 valence electrons. The zero-order valence-corrected chi connectivity index (χ0v) is 13.5. The summed E-state index contributed by atoms with van der Waals surface area (Å²) in [6.07, 6.45) is 0. The van der Waals surface area contributed by atoms with Gasteiger partial charge < -0.3 is 14.8 Å². The summed E-state index contributed by atoms with van der Waals surface area (Å²) in [5.74, 6) is 1.60. The molecule has 1 atom stereocenters. The van der Waals surface area contributed by atoms with Crippen LogP contribution in [0.3, 0.4) is 0 Å². The molecular weight excluding hydrogens is 272 g/mol. The predicted molar refractivity (Wildman–Crippen MR) is 81.0 cm³/mol. The van der Waals surface area contributed by atoms with E-state index in [0.717, 1.165) is 34.3 Å². The second-order valence-corrected chi connectivity index (χ2v) is 6.73. The smallest absolute Gasteiger partial charge is 0.107 e. The molecule has 0 aromatic carbocycles. The molecule has 0 aliphatic rings. The molecule has 2 rings (SSSR count). The second-order valence-electron chi connectivity index (χ2n) is 5.45. The van der Waals surface area contributed by atoms with Crippen LogP contribution in [0.1, 0.15) is 39.6 Å². The first kappa shape index (κ1) is 15.2. The number of aliphatic hydroxyl groups is 1. The molecule has 0 aliphatic heterocycles. The summed E-state index contributed by atoms with van der Waals surface area (Å²) in [6.45, 7) is 10.8. The fourth-order valence-electron chi connectivity index (χ4n) is 2.42. The Morgan fingerprint density at radius 1 is 1.35 bits per heavy atom. The van der Waals surface area contributed by atoms with Gasteiger partial charge in [0.05, 0.1) is 10.7 Å². The highest BCUT2D eigenvalue weighted by molar-refractivity contribution is 7.11. The number of thiazole rings is 1. The Hall–Kier alpha value is -1.17. The zero-order valence-electron chi connectivity index (χ0n) is 12.7. The van der Waals surface area contributed by atoms with Gasteiger partial charge >= 0.3 is 0 Å². The van der Waals surface area contributed by atoms with Crippen LogP contribution in [0.2, 0.25) is 0 Å². The SMILES string of the molecule is Cc1cc(C(C)(O)CNCc2sc(C)nc2C)c(C)o1. The Balaban J connectivity index is 1.99. The Bertz CT molecular complexity index is 599. The fraction of sp³-hybridized carbons (Fsp3) is 0.533. The highest BCUT2D eigenvalue weighted by Gasteiger charge is 2.27. The van der Waals surface area contributed by atoms with Crippen LogP contribution in [0.15, 0.2) is 10.5 Å². The van der Waals surface area contributed by atoms with E-state index in [0.29, 0.717) is 6.54 Å². The lowest BCUT2D eigenvalue weighted by Crippen LogP contribution is -2.35. The molecular formula is C15H22N2O2S. The highest BCUT2D eigenvalue weighted by Crippen LogP contribution is 2.26. The summed E-state index contributed by atoms with van der Waals surface area (Å²) < 4.78 is 5.49. The van der Waals surface area contributed by atoms with Crippen LogP contribution in [0, 0.1) is 27.7 Å². The number of furan rings is 1. The van der Waals surface area contributed by atoms with Crippen LogP contribution >= 0.6 is 11.3 Å². The average molecular weight is 294 g/mol. The minimum absolute atomic E-state index is 0.475. The Morgan fingerprint density at radius 2 is 2.05 bits per heavy atom. The lowest BCUT2D eigenvalue weighted by molar-refractivity contribution is 0.0552. The van der Waals surface area contributed by atoms with Crippen LogP contribution < -0.4 is 5.32 Å². The van der Waals surface area contributed by atoms with Gasteiger partial charge in [0.2, 0.25) is 0 Å². The van der Waals surface area contributed by atoms with E-state index in [2.05, 4.69) is 10.3 Å². The maximum absolute atomic E-state index is 10.6. The van der Waals surface area contributed by atoms with Crippen LogP contribution in [-0.4, -0.2) is 16.6 Å². The van der Waals surface area contributed by atoms with Crippen molar-refractivity contribution in [1.82, 2.24) is 10.3 Å². The normalized spacial score (nSPS) is 14.5. The zero-order chi connectivity index (χ0) is 14.9. The number of nitrogens with one attached hydrogen (secondary N) is 1. The van der Waals surface area contributed by atoms with Crippen LogP contribution in [0.4, 0.5) is 0 Å². The molecule has 0 fully saturated rings. The number of hydrogen-bond donors (Lipinski definition) is 2. The Kier molecular flexibility index (Phi) is 4.32. The maximum Gasteiger partial charge on any atom is 0.107 e. The molecule has 2 aromatic rings. The number of nitrogens with zero attached hydrogens (tertiary/aromatic N) is 1. The summed E-state index contributed by atoms with van der Waals surface area (Å²) in [6, 6.07) is 1.90. The first-order valence-corrected chi connectivity index (χ1v) is 7.55. The van der Waals surface area contributed by atoms with Crippen molar-refractivity contribution in [2.45, 2.75) is 46.8 Å². The number of aromatic nitrogens is 1. The van der Waals surface area contributed by atoms with E-state index < -0.39 is 5.60 Å². The molecule has 20 heavy (non-hydrogen) atoms. The molecule has 0 bridgehead atoms. The third-order valence-electron chi connectivity index (χ3n) is 3.38. The van der Waals surface area contributed by atoms with E-state index >= 15 is 0 Å². The van der Waals surface area contributed by atoms with Crippen molar-refractivity contribution in [3.8, 4) is 0 Å². The van der Waals surface area contributed by atoms with Gasteiger partial charge in [-0.3, -0.25) is 0 Å². The van der Waals surface area contributed by atoms with Gasteiger partial charge in [0, 0.05) is 23.5 Å². The fourth-order valence-corrected chi connectivity index (χ4v) is 3.32. The molecule has 5 heteroatoms. The third-order valence-corrected chi connectivity index (χ3v) is 4.45. The van der Waals surface area contributed by atoms with Gasteiger partial charge in [-0.1, -0.05) is 0 Å². The van der Waals surface area contributed by atoms with Crippen LogP contribution in [0.5, 0.6) is 0 Å². The third kappa shape index (κ3) is 3.29. The topological polar surface area (TPSA) is 58.3 Å². The number of aryl methyl sites for hydroxylation is 4. The molecule has 0 aliphatic carbocycles. The molecule has 4 nitrogen and oxygen atoms in total. The average Bonchev–Trinajstić information content (AvgIpc) is 2.82. The van der Waals surface area contributed by atoms with Gasteiger partial charge in [-0.2, -0.15) is 0 Å². The van der Waals surface area contributed by atoms with Crippen molar-refractivity contribution in [3.63, 3.8) is 0 Å². The van der Waals surface area contributed by atoms with Crippen LogP contribution in [0.25, 0.3) is 0 Å². The van der Waals surface area contributed by atoms with Gasteiger partial charge in [-0.25, -0.2) is 4.98 Å². The quantitative estimate of drug-likeness (QED) is 0.890. The summed E-state index contributed by atoms with van der Waals surface area (Å²) in [5, 5.41) is 15.0. The van der Waals surface area contributed by atoms with Gasteiger partial charge in [-0.05, 0) is 40.7 Å². The number of hydrogen-bond acceptors (Lipinski definition) is 5. The highest BCUT2D eigenvalue weighted by atomic mass is 32.1. The molecule has 0 saturated carbocycles. The molecule has 0 spiro atoms. The molecule has 1 unspecified atom stereocenters. The second kappa shape index (κ2) is 5.68. The summed E-state index contributed by atoms with van der Waals surface area (Å²) >= 11 is 1.69. The van der Waals surface area contributed by atoms with E-state index in [9.17, 15) is 5.11 Å². The van der Waals surface area contributed by atoms with E-state index in [-0.39, 0.29) is 0 Å². The lowest BCUT2D eigenvalue weighted by Gasteiger charge is -2.23. The van der Waals surface area contributed by atoms with Crippen molar-refractivity contribution in [1.29, 1.82) is 0 Å². The minimum atomic E-state index is -0.935. The Labute approximate surface area is 123 Å². The minimum Gasteiger partial charge on any atom is -0.466 e. The molecule has 2 aromatic heterocycles. The van der Waals surface area contributed by atoms with Gasteiger partial charge in [0.25, 0.3) is 0 Å². The van der Waals surface area contributed by atoms with Crippen molar-refractivity contribution in [2.75, 3.05) is 6.54 Å². The van der Waals surface area contributed by atoms with Gasteiger partial charge in [-0.15, -0.1) is 11.3 Å². The maximum atomic E-state index is 10.6. The molecule has 0 radical (unpaired) electrons. The molecule has 2 N–H and O–H groups in total. The molecule has 0 amide bonds. The van der Waals surface area contributed by atoms with Gasteiger partial charge in [0.1, 0.15) is 17.1 Å². The summed E-state index contributed by atoms with van der Waals surface area (Å²) in [4.78, 5) is 5.62. The van der Waals surface area contributed by atoms with E-state index in [4.69, 9.17) is 4.42 Å². The van der Waals surface area contributed by atoms with Crippen LogP contribution in [-0.2, 0) is 12.1 Å². The Morgan fingerprint density at radius 3 is 2.55 bits per heavy atom. The van der Waals surface area contributed by atoms with E-state index in [1.807, 2.05) is 40.7 Å². The largest absolute Gasteiger partial charge is 0.466 e. The number of rotatable bonds is 5. The van der Waals surface area contributed by atoms with E-state index in [1.54, 1.807) is 11.3 Å².